The molecule has 1 unspecified atom stereocenters. The summed E-state index contributed by atoms with van der Waals surface area (Å²) in [6.45, 7) is 0.476. The number of aliphatic hydroxyl groups is 1. The van der Waals surface area contributed by atoms with Gasteiger partial charge in [0.15, 0.2) is 0 Å². The molecule has 1 N–H and O–H groups in total. The van der Waals surface area contributed by atoms with Crippen LogP contribution in [-0.2, 0) is 4.74 Å². The lowest BCUT2D eigenvalue weighted by Gasteiger charge is -2.17. The second-order valence-electron chi connectivity index (χ2n) is 3.25. The van der Waals surface area contributed by atoms with E-state index in [0.29, 0.717) is 13.0 Å². The number of thiophene rings is 1. The van der Waals surface area contributed by atoms with E-state index in [9.17, 15) is 9.90 Å². The molecule has 0 bridgehead atoms. The van der Waals surface area contributed by atoms with Gasteiger partial charge in [0, 0.05) is 13.6 Å². The molecule has 0 saturated carbocycles. The third-order valence-electron chi connectivity index (χ3n) is 2.15. The van der Waals surface area contributed by atoms with Gasteiger partial charge in [0.25, 0.3) is 0 Å². The highest BCUT2D eigenvalue weighted by atomic mass is 32.1. The number of methoxy groups -OCH3 is 1. The highest BCUT2D eigenvalue weighted by molar-refractivity contribution is 7.07. The fourth-order valence-electron chi connectivity index (χ4n) is 1.19. The molecule has 1 heterocycles. The van der Waals surface area contributed by atoms with Gasteiger partial charge in [-0.05, 0) is 28.8 Å². The van der Waals surface area contributed by atoms with Gasteiger partial charge in [0.05, 0.1) is 13.2 Å². The molecule has 0 radical (unpaired) electrons. The summed E-state index contributed by atoms with van der Waals surface area (Å²) in [6, 6.07) is 1.88. The molecule has 1 atom stereocenters. The first kappa shape index (κ1) is 12.0. The summed E-state index contributed by atoms with van der Waals surface area (Å²) in [5, 5.41) is 13.6. The first-order chi connectivity index (χ1) is 7.15. The maximum atomic E-state index is 11.0. The van der Waals surface area contributed by atoms with Crippen LogP contribution < -0.4 is 0 Å². The number of carbonyl (C=O) groups excluding carboxylic acids is 1. The van der Waals surface area contributed by atoms with Crippen LogP contribution >= 0.6 is 11.3 Å². The van der Waals surface area contributed by atoms with Crippen LogP contribution in [0.3, 0.4) is 0 Å². The average molecular weight is 229 g/mol. The van der Waals surface area contributed by atoms with Crippen molar-refractivity contribution in [2.75, 3.05) is 20.7 Å². The third-order valence-corrected chi connectivity index (χ3v) is 2.85. The number of hydrogen-bond donors (Lipinski definition) is 1. The number of amides is 1. The molecule has 0 aliphatic carbocycles. The highest BCUT2D eigenvalue weighted by Crippen LogP contribution is 2.19. The third kappa shape index (κ3) is 3.53. The SMILES string of the molecule is COC(=O)N(C)CCC(O)c1ccsc1. The molecule has 0 aliphatic rings. The first-order valence-electron chi connectivity index (χ1n) is 4.64. The van der Waals surface area contributed by atoms with E-state index in [0.717, 1.165) is 5.56 Å². The predicted molar refractivity (Wildman–Crippen MR) is 58.9 cm³/mol. The molecule has 1 aromatic heterocycles. The van der Waals surface area contributed by atoms with Crippen LogP contribution in [0.15, 0.2) is 16.8 Å². The Morgan fingerprint density at radius 1 is 1.73 bits per heavy atom. The molecule has 0 aromatic carbocycles. The predicted octanol–water partition coefficient (Wildman–Crippen LogP) is 1.87. The minimum atomic E-state index is -0.511. The molecule has 4 nitrogen and oxygen atoms in total. The van der Waals surface area contributed by atoms with Crippen molar-refractivity contribution in [3.63, 3.8) is 0 Å². The second-order valence-corrected chi connectivity index (χ2v) is 4.03. The number of aliphatic hydroxyl groups excluding tert-OH is 1. The van der Waals surface area contributed by atoms with E-state index in [1.54, 1.807) is 18.4 Å². The smallest absolute Gasteiger partial charge is 0.409 e. The summed E-state index contributed by atoms with van der Waals surface area (Å²) in [7, 11) is 2.99. The lowest BCUT2D eigenvalue weighted by Crippen LogP contribution is -2.28. The Balaban J connectivity index is 2.34. The lowest BCUT2D eigenvalue weighted by atomic mass is 10.1. The number of rotatable bonds is 4. The van der Waals surface area contributed by atoms with Crippen molar-refractivity contribution in [1.29, 1.82) is 0 Å². The molecular formula is C10H15NO3S. The van der Waals surface area contributed by atoms with Gasteiger partial charge in [-0.2, -0.15) is 11.3 Å². The van der Waals surface area contributed by atoms with Gasteiger partial charge in [-0.3, -0.25) is 0 Å². The van der Waals surface area contributed by atoms with E-state index in [1.807, 2.05) is 16.8 Å². The number of nitrogens with zero attached hydrogens (tertiary/aromatic N) is 1. The Morgan fingerprint density at radius 2 is 2.47 bits per heavy atom. The van der Waals surface area contributed by atoms with Crippen molar-refractivity contribution < 1.29 is 14.6 Å². The summed E-state index contributed by atoms with van der Waals surface area (Å²) in [6.07, 6.45) is -0.377. The molecule has 84 valence electrons. The molecule has 15 heavy (non-hydrogen) atoms. The summed E-state index contributed by atoms with van der Waals surface area (Å²) in [4.78, 5) is 12.5. The van der Waals surface area contributed by atoms with Crippen LogP contribution in [0.2, 0.25) is 0 Å². The Morgan fingerprint density at radius 3 is 3.00 bits per heavy atom. The molecular weight excluding hydrogens is 214 g/mol. The minimum absolute atomic E-state index is 0.382. The Hall–Kier alpha value is -1.07. The summed E-state index contributed by atoms with van der Waals surface area (Å²) >= 11 is 1.55. The van der Waals surface area contributed by atoms with Crippen molar-refractivity contribution in [3.8, 4) is 0 Å². The van der Waals surface area contributed by atoms with Crippen LogP contribution in [0.1, 0.15) is 18.1 Å². The molecule has 0 saturated heterocycles. The number of carbonyl (C=O) groups is 1. The van der Waals surface area contributed by atoms with Crippen LogP contribution in [0.4, 0.5) is 4.79 Å². The standard InChI is InChI=1S/C10H15NO3S/c1-11(10(13)14-2)5-3-9(12)8-4-6-15-7-8/h4,6-7,9,12H,3,5H2,1-2H3. The zero-order valence-electron chi connectivity index (χ0n) is 8.84. The topological polar surface area (TPSA) is 49.8 Å². The van der Waals surface area contributed by atoms with Crippen molar-refractivity contribution >= 4 is 17.4 Å². The summed E-state index contributed by atoms with van der Waals surface area (Å²) in [5.74, 6) is 0. The van der Waals surface area contributed by atoms with E-state index in [4.69, 9.17) is 0 Å². The number of hydrogen-bond acceptors (Lipinski definition) is 4. The second kappa shape index (κ2) is 5.72. The van der Waals surface area contributed by atoms with Crippen LogP contribution in [0, 0.1) is 0 Å². The zero-order valence-corrected chi connectivity index (χ0v) is 9.66. The van der Waals surface area contributed by atoms with Gasteiger partial charge in [0.1, 0.15) is 0 Å². The van der Waals surface area contributed by atoms with Crippen LogP contribution in [0.25, 0.3) is 0 Å². The van der Waals surface area contributed by atoms with Crippen molar-refractivity contribution in [3.05, 3.63) is 22.4 Å². The molecule has 1 aromatic rings. The van der Waals surface area contributed by atoms with Gasteiger partial charge < -0.3 is 14.7 Å². The molecule has 1 rings (SSSR count). The maximum absolute atomic E-state index is 11.0. The summed E-state index contributed by atoms with van der Waals surface area (Å²) in [5.41, 5.74) is 0.901. The largest absolute Gasteiger partial charge is 0.453 e. The monoisotopic (exact) mass is 229 g/mol. The van der Waals surface area contributed by atoms with Crippen molar-refractivity contribution in [2.24, 2.45) is 0 Å². The maximum Gasteiger partial charge on any atom is 0.409 e. The Labute approximate surface area is 93.1 Å². The first-order valence-corrected chi connectivity index (χ1v) is 5.58. The normalized spacial score (nSPS) is 12.2. The molecule has 0 aliphatic heterocycles. The highest BCUT2D eigenvalue weighted by Gasteiger charge is 2.12. The van der Waals surface area contributed by atoms with Crippen LogP contribution in [-0.4, -0.2) is 36.8 Å². The fraction of sp³-hybridized carbons (Fsp3) is 0.500. The zero-order chi connectivity index (χ0) is 11.3. The van der Waals surface area contributed by atoms with E-state index in [1.165, 1.54) is 12.0 Å². The minimum Gasteiger partial charge on any atom is -0.453 e. The van der Waals surface area contributed by atoms with Gasteiger partial charge in [-0.15, -0.1) is 0 Å². The lowest BCUT2D eigenvalue weighted by molar-refractivity contribution is 0.117. The quantitative estimate of drug-likeness (QED) is 0.857. The molecule has 0 spiro atoms. The van der Waals surface area contributed by atoms with Gasteiger partial charge in [-0.25, -0.2) is 4.79 Å². The van der Waals surface area contributed by atoms with Crippen molar-refractivity contribution in [1.82, 2.24) is 4.90 Å². The van der Waals surface area contributed by atoms with E-state index in [2.05, 4.69) is 4.74 Å². The number of ether oxygens (including phenoxy) is 1. The van der Waals surface area contributed by atoms with E-state index in [-0.39, 0.29) is 6.09 Å². The van der Waals surface area contributed by atoms with E-state index >= 15 is 0 Å². The fourth-order valence-corrected chi connectivity index (χ4v) is 1.90. The van der Waals surface area contributed by atoms with Gasteiger partial charge >= 0.3 is 6.09 Å². The molecule has 0 fully saturated rings. The summed E-state index contributed by atoms with van der Waals surface area (Å²) < 4.78 is 4.54. The van der Waals surface area contributed by atoms with E-state index < -0.39 is 6.10 Å². The average Bonchev–Trinajstić information content (AvgIpc) is 2.77. The Kier molecular flexibility index (Phi) is 4.58. The molecule has 1 amide bonds. The molecule has 5 heteroatoms. The van der Waals surface area contributed by atoms with Crippen molar-refractivity contribution in [2.45, 2.75) is 12.5 Å². The van der Waals surface area contributed by atoms with Gasteiger partial charge in [0.2, 0.25) is 0 Å². The Bertz CT molecular complexity index is 300. The van der Waals surface area contributed by atoms with Gasteiger partial charge in [-0.1, -0.05) is 0 Å². The van der Waals surface area contributed by atoms with Crippen LogP contribution in [0.5, 0.6) is 0 Å².